The van der Waals surface area contributed by atoms with E-state index >= 15 is 0 Å². The van der Waals surface area contributed by atoms with Crippen LogP contribution in [0.1, 0.15) is 44.0 Å². The van der Waals surface area contributed by atoms with Gasteiger partial charge in [-0.1, -0.05) is 212 Å². The number of carbonyl (C=O) groups is 2. The van der Waals surface area contributed by atoms with Crippen molar-refractivity contribution in [2.45, 2.75) is 20.1 Å². The molecule has 2 aromatic heterocycles. The fraction of sp³-hybridized carbons (Fsp3) is 0.152. The van der Waals surface area contributed by atoms with E-state index in [4.69, 9.17) is 139 Å². The third kappa shape index (κ3) is 9.65. The van der Waals surface area contributed by atoms with Crippen LogP contribution in [-0.2, 0) is 15.2 Å². The lowest BCUT2D eigenvalue weighted by Gasteiger charge is -2.18. The molecule has 284 valence electrons. The minimum Gasteiger partial charge on any atom is -0.337 e. The number of Topliss-reactive ketones (excluding diaryl/α,β-unsaturated/α-hetero) is 2. The number of para-hydroxylation sites is 1. The Hall–Kier alpha value is -1.61. The average Bonchev–Trinajstić information content (AvgIpc) is 3.45. The molecule has 3 heterocycles. The van der Waals surface area contributed by atoms with Crippen molar-refractivity contribution in [2.75, 3.05) is 11.9 Å². The Labute approximate surface area is 376 Å². The van der Waals surface area contributed by atoms with Gasteiger partial charge in [0.2, 0.25) is 15.2 Å². The topological polar surface area (TPSA) is 115 Å². The van der Waals surface area contributed by atoms with Crippen molar-refractivity contribution in [3.63, 3.8) is 0 Å². The van der Waals surface area contributed by atoms with Gasteiger partial charge in [-0.05, 0) is 12.1 Å². The second-order valence-corrected chi connectivity index (χ2v) is 21.4. The molecule has 0 bridgehead atoms. The monoisotopic (exact) mass is 993 g/mol. The number of rotatable bonds is 6. The lowest BCUT2D eigenvalue weighted by atomic mass is 9.95. The molecule has 0 N–H and O–H groups in total. The average molecular weight is 999 g/mol. The molecule has 55 heavy (non-hydrogen) atoms. The second-order valence-electron chi connectivity index (χ2n) is 11.2. The minimum absolute atomic E-state index is 0.00647. The highest BCUT2D eigenvalue weighted by Gasteiger charge is 2.37. The van der Waals surface area contributed by atoms with E-state index in [2.05, 4.69) is 29.9 Å². The third-order valence-electron chi connectivity index (χ3n) is 7.50. The molecule has 22 heteroatoms. The van der Waals surface area contributed by atoms with Gasteiger partial charge < -0.3 is 4.90 Å². The fourth-order valence-electron chi connectivity index (χ4n) is 4.97. The predicted octanol–water partition coefficient (Wildman–Crippen LogP) is 12.2. The lowest BCUT2D eigenvalue weighted by Crippen LogP contribution is -2.22. The number of ketones is 2. The summed E-state index contributed by atoms with van der Waals surface area (Å²) >= 11 is 73.7. The molecule has 1 aliphatic heterocycles. The predicted molar refractivity (Wildman–Crippen MR) is 224 cm³/mol. The van der Waals surface area contributed by atoms with Crippen LogP contribution in [0.3, 0.4) is 0 Å². The zero-order valence-electron chi connectivity index (χ0n) is 26.8. The molecule has 1 aliphatic rings. The number of thioether (sulfide) groups is 1. The number of allylic oxidation sites excluding steroid dienone is 1. The Balaban J connectivity index is 1.40. The Morgan fingerprint density at radius 3 is 1.18 bits per heavy atom. The second kappa shape index (κ2) is 16.2. The van der Waals surface area contributed by atoms with E-state index in [0.717, 1.165) is 10.6 Å². The standard InChI is InChI=1S/C33H15Cl12N7O2S/c1-52-18-4-2-3-5-19(18)55-25(52)20(21(53)14-6-10-16(11-7-14)23-46-26(30(34,35)36)50-27(47-23)31(37,38)39)22(54)15-8-12-17(13-9-15)24-48-28(32(40,41)42)51-29(49-24)33(43,44)45/h2-13H,1H3. The number of halogens is 12. The maximum absolute atomic E-state index is 14.4. The minimum atomic E-state index is -2.08. The fourth-order valence-corrected chi connectivity index (χ4v) is 7.17. The molecule has 9 nitrogen and oxygen atoms in total. The van der Waals surface area contributed by atoms with Crippen molar-refractivity contribution in [2.24, 2.45) is 0 Å². The van der Waals surface area contributed by atoms with Gasteiger partial charge in [0.15, 0.2) is 46.5 Å². The van der Waals surface area contributed by atoms with Crippen LogP contribution in [0.15, 0.2) is 88.3 Å². The normalized spacial score (nSPS) is 13.5. The first-order valence-corrected chi connectivity index (χ1v) is 20.2. The van der Waals surface area contributed by atoms with Gasteiger partial charge in [0.25, 0.3) is 0 Å². The molecule has 0 unspecified atom stereocenters. The van der Waals surface area contributed by atoms with Gasteiger partial charge in [-0.3, -0.25) is 9.59 Å². The van der Waals surface area contributed by atoms with Crippen LogP contribution in [0.4, 0.5) is 5.69 Å². The van der Waals surface area contributed by atoms with Crippen molar-refractivity contribution >= 4 is 168 Å². The summed E-state index contributed by atoms with van der Waals surface area (Å²) in [6.45, 7) is 0. The van der Waals surface area contributed by atoms with E-state index < -0.39 is 26.7 Å². The van der Waals surface area contributed by atoms with Crippen LogP contribution in [0.25, 0.3) is 22.8 Å². The van der Waals surface area contributed by atoms with E-state index in [1.54, 1.807) is 11.9 Å². The van der Waals surface area contributed by atoms with Crippen molar-refractivity contribution < 1.29 is 9.59 Å². The van der Waals surface area contributed by atoms with Gasteiger partial charge >= 0.3 is 0 Å². The highest BCUT2D eigenvalue weighted by Crippen LogP contribution is 2.47. The molecule has 0 aliphatic carbocycles. The summed E-state index contributed by atoms with van der Waals surface area (Å²) in [4.78, 5) is 56.3. The molecule has 0 saturated heterocycles. The molecular formula is C33H15Cl12N7O2S. The Bertz CT molecular complexity index is 2160. The largest absolute Gasteiger partial charge is 0.337 e. The molecule has 0 saturated carbocycles. The number of hydrogen-bond donors (Lipinski definition) is 0. The van der Waals surface area contributed by atoms with E-state index in [0.29, 0.717) is 16.2 Å². The Kier molecular flexibility index (Phi) is 12.7. The number of alkyl halides is 12. The van der Waals surface area contributed by atoms with E-state index in [9.17, 15) is 9.59 Å². The van der Waals surface area contributed by atoms with Gasteiger partial charge in [0, 0.05) is 34.2 Å². The van der Waals surface area contributed by atoms with E-state index in [1.807, 2.05) is 24.3 Å². The number of benzene rings is 3. The summed E-state index contributed by atoms with van der Waals surface area (Å²) in [6.07, 6.45) is 0. The Morgan fingerprint density at radius 1 is 0.509 bits per heavy atom. The van der Waals surface area contributed by atoms with Crippen LogP contribution in [0, 0.1) is 0 Å². The highest BCUT2D eigenvalue weighted by molar-refractivity contribution is 8.03. The van der Waals surface area contributed by atoms with Crippen LogP contribution >= 0.6 is 151 Å². The summed E-state index contributed by atoms with van der Waals surface area (Å²) in [7, 11) is 1.76. The molecular weight excluding hydrogens is 984 g/mol. The number of hydrogen-bond acceptors (Lipinski definition) is 10. The van der Waals surface area contributed by atoms with Gasteiger partial charge in [-0.2, -0.15) is 0 Å². The molecule has 0 radical (unpaired) electrons. The summed E-state index contributed by atoms with van der Waals surface area (Å²) in [5, 5.41) is 0.401. The SMILES string of the molecule is CN1C(=C(C(=O)c2ccc(-c3nc(C(Cl)(Cl)Cl)nc(C(Cl)(Cl)Cl)n3)cc2)C(=O)c2ccc(-c3nc(C(Cl)(Cl)Cl)nc(C(Cl)(Cl)Cl)n3)cc2)Sc2ccccc21. The van der Waals surface area contributed by atoms with Crippen molar-refractivity contribution in [3.8, 4) is 22.8 Å². The van der Waals surface area contributed by atoms with Crippen molar-refractivity contribution in [3.05, 3.63) is 118 Å². The van der Waals surface area contributed by atoms with Gasteiger partial charge in [0.05, 0.1) is 10.7 Å². The summed E-state index contributed by atoms with van der Waals surface area (Å²) < 4.78 is -8.31. The molecule has 0 fully saturated rings. The van der Waals surface area contributed by atoms with Crippen LogP contribution < -0.4 is 4.90 Å². The van der Waals surface area contributed by atoms with E-state index in [1.165, 1.54) is 60.3 Å². The maximum atomic E-state index is 14.4. The molecule has 6 rings (SSSR count). The van der Waals surface area contributed by atoms with Crippen LogP contribution in [0.2, 0.25) is 0 Å². The van der Waals surface area contributed by atoms with Crippen LogP contribution in [0.5, 0.6) is 0 Å². The first kappa shape index (κ1) is 43.0. The summed E-state index contributed by atoms with van der Waals surface area (Å²) in [5.41, 5.74) is 1.72. The first-order valence-electron chi connectivity index (χ1n) is 14.9. The Morgan fingerprint density at radius 2 is 0.855 bits per heavy atom. The quantitative estimate of drug-likeness (QED) is 0.0535. The first-order chi connectivity index (χ1) is 25.5. The zero-order chi connectivity index (χ0) is 40.2. The zero-order valence-corrected chi connectivity index (χ0v) is 36.7. The number of nitrogens with zero attached hydrogens (tertiary/aromatic N) is 7. The molecule has 3 aromatic carbocycles. The van der Waals surface area contributed by atoms with Gasteiger partial charge in [-0.25, -0.2) is 29.9 Å². The number of carbonyl (C=O) groups excluding carboxylic acids is 2. The number of anilines is 1. The van der Waals surface area contributed by atoms with Gasteiger partial charge in [0.1, 0.15) is 5.57 Å². The summed E-state index contributed by atoms with van der Waals surface area (Å²) in [5.74, 6) is -2.35. The number of aromatic nitrogens is 6. The molecule has 0 amide bonds. The van der Waals surface area contributed by atoms with Crippen molar-refractivity contribution in [1.82, 2.24) is 29.9 Å². The van der Waals surface area contributed by atoms with Crippen molar-refractivity contribution in [1.29, 1.82) is 0 Å². The third-order valence-corrected chi connectivity index (χ3v) is 10.8. The van der Waals surface area contributed by atoms with E-state index in [-0.39, 0.29) is 51.6 Å². The molecule has 5 aromatic rings. The molecule has 0 atom stereocenters. The molecule has 0 spiro atoms. The lowest BCUT2D eigenvalue weighted by molar-refractivity contribution is 0.0961. The van der Waals surface area contributed by atoms with Gasteiger partial charge in [-0.15, -0.1) is 0 Å². The van der Waals surface area contributed by atoms with Crippen LogP contribution in [-0.4, -0.2) is 48.5 Å². The number of fused-ring (bicyclic) bond motifs is 1. The maximum Gasteiger partial charge on any atom is 0.250 e. The summed E-state index contributed by atoms with van der Waals surface area (Å²) in [6, 6.07) is 19.5. The smallest absolute Gasteiger partial charge is 0.250 e. The highest BCUT2D eigenvalue weighted by atomic mass is 35.6.